The van der Waals surface area contributed by atoms with Crippen molar-refractivity contribution in [3.8, 4) is 0 Å². The lowest BCUT2D eigenvalue weighted by molar-refractivity contribution is -0.170. The number of halogens is 16. The molecule has 5 rings (SSSR count). The van der Waals surface area contributed by atoms with E-state index in [4.69, 9.17) is 0 Å². The van der Waals surface area contributed by atoms with Gasteiger partial charge in [0, 0.05) is 31.6 Å². The van der Waals surface area contributed by atoms with Gasteiger partial charge in [-0.1, -0.05) is 305 Å². The third kappa shape index (κ3) is 77.6. The zero-order valence-corrected chi connectivity index (χ0v) is 74.2. The Morgan fingerprint density at radius 2 is 0.596 bits per heavy atom. The van der Waals surface area contributed by atoms with E-state index in [2.05, 4.69) is 138 Å². The smallest absolute Gasteiger partial charge is 0.244 e. The highest BCUT2D eigenvalue weighted by Crippen LogP contribution is 2.53. The first-order valence-electron chi connectivity index (χ1n) is 41.9. The molecule has 0 amide bonds. The van der Waals surface area contributed by atoms with Gasteiger partial charge in [-0.15, -0.1) is 0 Å². The van der Waals surface area contributed by atoms with Gasteiger partial charge in [0.1, 0.15) is 11.3 Å². The van der Waals surface area contributed by atoms with Crippen molar-refractivity contribution in [3.63, 3.8) is 0 Å². The van der Waals surface area contributed by atoms with E-state index in [1.165, 1.54) is 104 Å². The predicted octanol–water partition coefficient (Wildman–Crippen LogP) is 36.4. The zero-order valence-electron chi connectivity index (χ0n) is 74.2. The SMILES string of the molecule is CC(C)(C)C.CC(C)C.CC(C)C(F)(F)F.CC1CCC(F)(F)CC1.CC1CCC2(CC1)CCC(C)(C)CC2.CC1CCC2(CCCC2)CC1.CCC.CCC(C)(F)CC.CCC(C)C.CCC(C)C(F)(F)F.CCC(C)CC(F)(F)F.CCC(C)CC(F)(F)F.CCC(CC)C(C)(F)C(CC)CC. The third-order valence-corrected chi connectivity index (χ3v) is 21.2. The lowest BCUT2D eigenvalue weighted by atomic mass is 9.59. The summed E-state index contributed by atoms with van der Waals surface area (Å²) in [5.74, 6) is -0.414. The summed E-state index contributed by atoms with van der Waals surface area (Å²) in [6, 6.07) is 0. The summed E-state index contributed by atoms with van der Waals surface area (Å²) < 4.78 is 189. The number of hydrogen-bond acceptors (Lipinski definition) is 0. The van der Waals surface area contributed by atoms with Crippen LogP contribution in [-0.4, -0.2) is 42.0 Å². The van der Waals surface area contributed by atoms with Gasteiger partial charge in [-0.2, -0.15) is 52.7 Å². The molecule has 640 valence electrons. The van der Waals surface area contributed by atoms with Gasteiger partial charge >= 0.3 is 24.7 Å². The van der Waals surface area contributed by atoms with Gasteiger partial charge in [0.05, 0.1) is 5.92 Å². The van der Waals surface area contributed by atoms with E-state index >= 15 is 0 Å². The highest BCUT2D eigenvalue weighted by molar-refractivity contribution is 4.92. The maximum absolute atomic E-state index is 14.4. The van der Waals surface area contributed by atoms with Crippen LogP contribution >= 0.6 is 0 Å². The first kappa shape index (κ1) is 119. The second kappa shape index (κ2) is 60.5. The Morgan fingerprint density at radius 3 is 0.740 bits per heavy atom. The summed E-state index contributed by atoms with van der Waals surface area (Å²) in [5.41, 5.74) is 0.913. The molecule has 0 aromatic carbocycles. The van der Waals surface area contributed by atoms with Crippen LogP contribution in [0.5, 0.6) is 0 Å². The Hall–Kier alpha value is -1.12. The minimum Gasteiger partial charge on any atom is -0.244 e. The minimum absolute atomic E-state index is 0.105. The summed E-state index contributed by atoms with van der Waals surface area (Å²) >= 11 is 0. The summed E-state index contributed by atoms with van der Waals surface area (Å²) in [5, 5.41) is 0. The molecule has 0 aromatic heterocycles. The van der Waals surface area contributed by atoms with E-state index < -0.39 is 66.6 Å². The fourth-order valence-corrected chi connectivity index (χ4v) is 11.6. The maximum Gasteiger partial charge on any atom is 0.391 e. The van der Waals surface area contributed by atoms with E-state index in [9.17, 15) is 70.2 Å². The van der Waals surface area contributed by atoms with Crippen LogP contribution in [-0.2, 0) is 0 Å². The molecule has 16 heteroatoms. The molecule has 5 aliphatic rings. The summed E-state index contributed by atoms with van der Waals surface area (Å²) in [7, 11) is 0. The van der Waals surface area contributed by atoms with Gasteiger partial charge in [-0.25, -0.2) is 17.6 Å². The number of hydrogen-bond donors (Lipinski definition) is 0. The third-order valence-electron chi connectivity index (χ3n) is 21.2. The zero-order chi connectivity index (χ0) is 84.2. The van der Waals surface area contributed by atoms with Crippen molar-refractivity contribution in [3.05, 3.63) is 0 Å². The molecule has 0 aliphatic heterocycles. The Bertz CT molecular complexity index is 1740. The molecule has 0 aromatic rings. The van der Waals surface area contributed by atoms with Gasteiger partial charge in [0.2, 0.25) is 5.92 Å². The first-order valence-corrected chi connectivity index (χ1v) is 41.9. The Morgan fingerprint density at radius 1 is 0.356 bits per heavy atom. The van der Waals surface area contributed by atoms with E-state index in [0.29, 0.717) is 55.3 Å². The lowest BCUT2D eigenvalue weighted by Gasteiger charge is -2.47. The second-order valence-electron chi connectivity index (χ2n) is 36.5. The molecule has 0 bridgehead atoms. The monoisotopic (exact) mass is 1540 g/mol. The lowest BCUT2D eigenvalue weighted by Crippen LogP contribution is -2.37. The molecule has 5 saturated carbocycles. The van der Waals surface area contributed by atoms with Crippen molar-refractivity contribution >= 4 is 0 Å². The Labute approximate surface area is 636 Å². The highest BCUT2D eigenvalue weighted by atomic mass is 19.4. The van der Waals surface area contributed by atoms with Crippen molar-refractivity contribution in [1.29, 1.82) is 0 Å². The fourth-order valence-electron chi connectivity index (χ4n) is 11.6. The van der Waals surface area contributed by atoms with Crippen LogP contribution < -0.4 is 0 Å². The van der Waals surface area contributed by atoms with Crippen LogP contribution in [0.2, 0.25) is 0 Å². The van der Waals surface area contributed by atoms with Crippen LogP contribution in [0.3, 0.4) is 0 Å². The van der Waals surface area contributed by atoms with Gasteiger partial charge < -0.3 is 0 Å². The second-order valence-corrected chi connectivity index (χ2v) is 36.5. The van der Waals surface area contributed by atoms with E-state index in [0.717, 1.165) is 74.0 Å². The van der Waals surface area contributed by atoms with Crippen LogP contribution in [0.25, 0.3) is 0 Å². The largest absolute Gasteiger partial charge is 0.391 e. The van der Waals surface area contributed by atoms with Gasteiger partial charge in [0.15, 0.2) is 0 Å². The van der Waals surface area contributed by atoms with Gasteiger partial charge in [-0.05, 0) is 185 Å². The molecule has 3 atom stereocenters. The molecule has 0 N–H and O–H groups in total. The Kier molecular flexibility index (Phi) is 69.0. The molecule has 5 fully saturated rings. The predicted molar refractivity (Wildman–Crippen MR) is 425 cm³/mol. The molecule has 5 aliphatic carbocycles. The molecule has 2 spiro atoms. The molecule has 0 nitrogen and oxygen atoms in total. The van der Waals surface area contributed by atoms with Crippen LogP contribution in [0.15, 0.2) is 0 Å². The van der Waals surface area contributed by atoms with Crippen molar-refractivity contribution in [2.24, 2.45) is 86.8 Å². The molecule has 3 unspecified atom stereocenters. The quantitative estimate of drug-likeness (QED) is 0.152. The van der Waals surface area contributed by atoms with Crippen molar-refractivity contribution < 1.29 is 70.2 Å². The van der Waals surface area contributed by atoms with E-state index in [1.807, 2.05) is 20.8 Å². The van der Waals surface area contributed by atoms with Crippen LogP contribution in [0.4, 0.5) is 70.2 Å². The molecule has 104 heavy (non-hydrogen) atoms. The highest BCUT2D eigenvalue weighted by Gasteiger charge is 2.42. The number of alkyl halides is 16. The van der Waals surface area contributed by atoms with E-state index in [-0.39, 0.29) is 42.9 Å². The normalized spacial score (nSPS) is 18.9. The van der Waals surface area contributed by atoms with Gasteiger partial charge in [-0.3, -0.25) is 0 Å². The summed E-state index contributed by atoms with van der Waals surface area (Å²) in [6.07, 6.45) is 17.7. The van der Waals surface area contributed by atoms with Crippen LogP contribution in [0.1, 0.15) is 440 Å². The van der Waals surface area contributed by atoms with Crippen molar-refractivity contribution in [2.75, 3.05) is 0 Å². The average molecular weight is 1540 g/mol. The fraction of sp³-hybridized carbons (Fsp3) is 1.00. The topological polar surface area (TPSA) is 0 Å². The summed E-state index contributed by atoms with van der Waals surface area (Å²) in [4.78, 5) is 0. The molecular weight excluding hydrogens is 1360 g/mol. The Balaban J connectivity index is -0.000000163. The van der Waals surface area contributed by atoms with Gasteiger partial charge in [0.25, 0.3) is 0 Å². The minimum atomic E-state index is -4.00. The first-order chi connectivity index (χ1) is 46.8. The molecule has 0 heterocycles. The molecular formula is C88H176F16. The number of rotatable bonds is 14. The average Bonchev–Trinajstić information content (AvgIpc) is 0.905. The van der Waals surface area contributed by atoms with Crippen molar-refractivity contribution in [1.82, 2.24) is 0 Å². The molecule has 0 saturated heterocycles. The summed E-state index contributed by atoms with van der Waals surface area (Å²) in [6.45, 7) is 65.1. The van der Waals surface area contributed by atoms with Crippen LogP contribution in [0, 0.1) is 86.8 Å². The standard InChI is InChI=1S/C14H26.C12H25F.C11H20.C7H12F2.2C6H11F3.C6H13F.C5H9F3.2C5H12.C4H7F3.C4H10.C3H8/c1-12-4-6-14(7-5-12)10-8-13(2,3)9-11-14;1-6-10(7-2)12(5,13)11(8-3)9-4;1-10-4-8-11(9-5-10)6-2-3-7-11;1-6-2-4-7(8,9)5-3-6;2*1-3-5(2)4-6(7,8)9;1-4-6(3,7)5-2;1-3-4(2)5(6,7)8;1-5(2,3)4;1-4-5(2)3;1-3(2)4(5,6)7;1-4(2)3;1-3-2/h12H,4-11H2,1-3H3;10-11H,6-9H2,1-5H3;10H,2-9H2,1H3;6H,2-5H2,1H3;2*5H,3-4H2,1-2H3;4-5H2,1-3H3;4H,3H2,1-2H3;1-4H3;5H,4H2,1-3H3;3H,1-2H3;4H,1-3H3;3H2,1-2H3. The van der Waals surface area contributed by atoms with Crippen molar-refractivity contribution in [2.45, 2.75) is 482 Å². The maximum atomic E-state index is 14.4. The molecule has 0 radical (unpaired) electrons. The van der Waals surface area contributed by atoms with E-state index in [1.54, 1.807) is 67.2 Å².